The second-order valence-corrected chi connectivity index (χ2v) is 9.00. The zero-order valence-corrected chi connectivity index (χ0v) is 14.7. The number of sulfone groups is 1. The summed E-state index contributed by atoms with van der Waals surface area (Å²) in [5.41, 5.74) is 0.300. The van der Waals surface area contributed by atoms with Crippen molar-refractivity contribution in [2.75, 3.05) is 25.9 Å². The molecule has 7 heteroatoms. The molecule has 2 saturated heterocycles. The molecule has 2 heterocycles. The number of carboxylic acids is 1. The summed E-state index contributed by atoms with van der Waals surface area (Å²) in [5, 5.41) is 13.2. The standard InChI is InChI=1S/C17H24N2O4S/c1-24(22,23)14-5-3-13(4-6-14)11-19-10-7-15-17(12-19,16(20)21)8-2-9-18-15/h3-6,15,18H,2,7-12H2,1H3,(H,20,21)/t15-,17+/m1/s1. The summed E-state index contributed by atoms with van der Waals surface area (Å²) >= 11 is 0. The number of nitrogens with zero attached hydrogens (tertiary/aromatic N) is 1. The van der Waals surface area contributed by atoms with E-state index in [-0.39, 0.29) is 6.04 Å². The maximum atomic E-state index is 11.9. The topological polar surface area (TPSA) is 86.7 Å². The van der Waals surface area contributed by atoms with Crippen LogP contribution >= 0.6 is 0 Å². The highest BCUT2D eigenvalue weighted by Crippen LogP contribution is 2.38. The van der Waals surface area contributed by atoms with Crippen molar-refractivity contribution in [3.8, 4) is 0 Å². The third-order valence-corrected chi connectivity index (χ3v) is 6.41. The van der Waals surface area contributed by atoms with Gasteiger partial charge >= 0.3 is 5.97 Å². The molecule has 132 valence electrons. The van der Waals surface area contributed by atoms with Gasteiger partial charge in [0, 0.05) is 31.9 Å². The molecule has 0 saturated carbocycles. The molecule has 24 heavy (non-hydrogen) atoms. The number of nitrogens with one attached hydrogen (secondary N) is 1. The molecule has 0 aromatic heterocycles. The molecule has 0 bridgehead atoms. The van der Waals surface area contributed by atoms with E-state index < -0.39 is 21.2 Å². The van der Waals surface area contributed by atoms with E-state index >= 15 is 0 Å². The SMILES string of the molecule is CS(=O)(=O)c1ccc(CN2CC[C@H]3NCCC[C@]3(C(=O)O)C2)cc1. The molecule has 1 aromatic carbocycles. The summed E-state index contributed by atoms with van der Waals surface area (Å²) in [5.74, 6) is -0.711. The van der Waals surface area contributed by atoms with Crippen LogP contribution in [0.3, 0.4) is 0 Å². The van der Waals surface area contributed by atoms with Gasteiger partial charge in [0.15, 0.2) is 9.84 Å². The van der Waals surface area contributed by atoms with Crippen LogP contribution < -0.4 is 5.32 Å². The van der Waals surface area contributed by atoms with E-state index in [9.17, 15) is 18.3 Å². The third kappa shape index (κ3) is 3.34. The fourth-order valence-corrected chi connectivity index (χ4v) is 4.60. The molecule has 2 aliphatic heterocycles. The van der Waals surface area contributed by atoms with Gasteiger partial charge in [0.25, 0.3) is 0 Å². The second-order valence-electron chi connectivity index (χ2n) is 6.99. The van der Waals surface area contributed by atoms with Gasteiger partial charge in [-0.05, 0) is 43.5 Å². The fourth-order valence-electron chi connectivity index (χ4n) is 3.97. The molecular formula is C17H24N2O4S. The Bertz CT molecular complexity index is 717. The minimum absolute atomic E-state index is 0.0487. The number of piperidine rings is 2. The Morgan fingerprint density at radius 2 is 2.08 bits per heavy atom. The van der Waals surface area contributed by atoms with E-state index in [1.165, 1.54) is 6.26 Å². The molecule has 2 fully saturated rings. The third-order valence-electron chi connectivity index (χ3n) is 5.28. The lowest BCUT2D eigenvalue weighted by atomic mass is 9.70. The molecule has 0 spiro atoms. The van der Waals surface area contributed by atoms with Gasteiger partial charge in [-0.3, -0.25) is 9.69 Å². The first-order chi connectivity index (χ1) is 11.3. The number of benzene rings is 1. The van der Waals surface area contributed by atoms with Gasteiger partial charge in [0.1, 0.15) is 0 Å². The summed E-state index contributed by atoms with van der Waals surface area (Å²) in [4.78, 5) is 14.4. The smallest absolute Gasteiger partial charge is 0.312 e. The van der Waals surface area contributed by atoms with Crippen LogP contribution in [-0.4, -0.2) is 56.3 Å². The lowest BCUT2D eigenvalue weighted by molar-refractivity contribution is -0.157. The van der Waals surface area contributed by atoms with Crippen molar-refractivity contribution >= 4 is 15.8 Å². The Hall–Kier alpha value is -1.44. The zero-order valence-electron chi connectivity index (χ0n) is 13.9. The molecule has 0 unspecified atom stereocenters. The van der Waals surface area contributed by atoms with Crippen molar-refractivity contribution in [3.05, 3.63) is 29.8 Å². The van der Waals surface area contributed by atoms with Crippen molar-refractivity contribution in [1.82, 2.24) is 10.2 Å². The summed E-state index contributed by atoms with van der Waals surface area (Å²) < 4.78 is 23.1. The number of rotatable bonds is 4. The Labute approximate surface area is 142 Å². The first kappa shape index (κ1) is 17.4. The van der Waals surface area contributed by atoms with Gasteiger partial charge in [0.2, 0.25) is 0 Å². The van der Waals surface area contributed by atoms with Crippen molar-refractivity contribution in [3.63, 3.8) is 0 Å². The molecule has 6 nitrogen and oxygen atoms in total. The van der Waals surface area contributed by atoms with E-state index in [4.69, 9.17) is 0 Å². The second kappa shape index (κ2) is 6.46. The quantitative estimate of drug-likeness (QED) is 0.844. The largest absolute Gasteiger partial charge is 0.481 e. The number of likely N-dealkylation sites (tertiary alicyclic amines) is 1. The van der Waals surface area contributed by atoms with Crippen molar-refractivity contribution in [2.24, 2.45) is 5.41 Å². The summed E-state index contributed by atoms with van der Waals surface area (Å²) in [7, 11) is -3.19. The minimum Gasteiger partial charge on any atom is -0.481 e. The van der Waals surface area contributed by atoms with Crippen LogP contribution in [0.1, 0.15) is 24.8 Å². The van der Waals surface area contributed by atoms with Crippen LogP contribution in [0.5, 0.6) is 0 Å². The average Bonchev–Trinajstić information content (AvgIpc) is 2.54. The van der Waals surface area contributed by atoms with E-state index in [1.807, 2.05) is 12.1 Å². The number of hydrogen-bond acceptors (Lipinski definition) is 5. The average molecular weight is 352 g/mol. The highest BCUT2D eigenvalue weighted by Gasteiger charge is 2.50. The number of aliphatic carboxylic acids is 1. The molecular weight excluding hydrogens is 328 g/mol. The number of carboxylic acid groups (broad SMARTS) is 1. The van der Waals surface area contributed by atoms with E-state index in [2.05, 4.69) is 10.2 Å². The molecule has 0 aliphatic carbocycles. The van der Waals surface area contributed by atoms with Crippen LogP contribution in [0.2, 0.25) is 0 Å². The predicted molar refractivity (Wildman–Crippen MR) is 90.5 cm³/mol. The first-order valence-electron chi connectivity index (χ1n) is 8.29. The minimum atomic E-state index is -3.19. The van der Waals surface area contributed by atoms with Crippen LogP contribution in [0.25, 0.3) is 0 Å². The van der Waals surface area contributed by atoms with Crippen molar-refractivity contribution in [2.45, 2.75) is 36.7 Å². The molecule has 3 rings (SSSR count). The van der Waals surface area contributed by atoms with Gasteiger partial charge < -0.3 is 10.4 Å². The number of hydrogen-bond donors (Lipinski definition) is 2. The summed E-state index contributed by atoms with van der Waals surface area (Å²) in [6, 6.07) is 6.91. The van der Waals surface area contributed by atoms with Crippen LogP contribution in [0.4, 0.5) is 0 Å². The lowest BCUT2D eigenvalue weighted by Crippen LogP contribution is -2.62. The van der Waals surface area contributed by atoms with E-state index in [1.54, 1.807) is 12.1 Å². The fraction of sp³-hybridized carbons (Fsp3) is 0.588. The lowest BCUT2D eigenvalue weighted by Gasteiger charge is -2.48. The van der Waals surface area contributed by atoms with Gasteiger partial charge in [-0.2, -0.15) is 0 Å². The normalized spacial score (nSPS) is 28.3. The molecule has 0 radical (unpaired) electrons. The molecule has 2 N–H and O–H groups in total. The van der Waals surface area contributed by atoms with Crippen LogP contribution in [0.15, 0.2) is 29.2 Å². The van der Waals surface area contributed by atoms with E-state index in [0.29, 0.717) is 24.4 Å². The van der Waals surface area contributed by atoms with E-state index in [0.717, 1.165) is 31.5 Å². The maximum Gasteiger partial charge on any atom is 0.312 e. The monoisotopic (exact) mass is 352 g/mol. The van der Waals surface area contributed by atoms with Crippen molar-refractivity contribution in [1.29, 1.82) is 0 Å². The Kier molecular flexibility index (Phi) is 4.68. The summed E-state index contributed by atoms with van der Waals surface area (Å²) in [6.45, 7) is 2.92. The van der Waals surface area contributed by atoms with Gasteiger partial charge in [-0.15, -0.1) is 0 Å². The molecule has 2 atom stereocenters. The van der Waals surface area contributed by atoms with Gasteiger partial charge in [-0.25, -0.2) is 8.42 Å². The molecule has 2 aliphatic rings. The molecule has 0 amide bonds. The zero-order chi connectivity index (χ0) is 17.4. The Morgan fingerprint density at radius 1 is 1.38 bits per heavy atom. The Balaban J connectivity index is 1.73. The predicted octanol–water partition coefficient (Wildman–Crippen LogP) is 1.12. The van der Waals surface area contributed by atoms with Crippen LogP contribution in [0, 0.1) is 5.41 Å². The van der Waals surface area contributed by atoms with Crippen LogP contribution in [-0.2, 0) is 21.2 Å². The highest BCUT2D eigenvalue weighted by molar-refractivity contribution is 7.90. The summed E-state index contributed by atoms with van der Waals surface area (Å²) in [6.07, 6.45) is 3.62. The first-order valence-corrected chi connectivity index (χ1v) is 10.2. The highest BCUT2D eigenvalue weighted by atomic mass is 32.2. The van der Waals surface area contributed by atoms with Gasteiger partial charge in [0.05, 0.1) is 10.3 Å². The number of fused-ring (bicyclic) bond motifs is 1. The van der Waals surface area contributed by atoms with Crippen molar-refractivity contribution < 1.29 is 18.3 Å². The maximum absolute atomic E-state index is 11.9. The molecule has 1 aromatic rings. The Morgan fingerprint density at radius 3 is 2.71 bits per heavy atom. The van der Waals surface area contributed by atoms with Gasteiger partial charge in [-0.1, -0.05) is 12.1 Å². The number of carbonyl (C=O) groups is 1.